The third-order valence-electron chi connectivity index (χ3n) is 4.59. The Labute approximate surface area is 154 Å². The molecule has 26 heavy (non-hydrogen) atoms. The minimum absolute atomic E-state index is 0.855. The number of fused-ring (bicyclic) bond motifs is 1. The third kappa shape index (κ3) is 3.57. The largest absolute Gasteiger partial charge is 0.256 e. The van der Waals surface area contributed by atoms with Crippen LogP contribution in [0.5, 0.6) is 0 Å². The van der Waals surface area contributed by atoms with Gasteiger partial charge in [0.25, 0.3) is 0 Å². The summed E-state index contributed by atoms with van der Waals surface area (Å²) in [5.41, 5.74) is 7.40. The first-order chi connectivity index (χ1) is 12.8. The van der Waals surface area contributed by atoms with Crippen molar-refractivity contribution in [1.29, 1.82) is 0 Å². The van der Waals surface area contributed by atoms with Crippen LogP contribution < -0.4 is 0 Å². The van der Waals surface area contributed by atoms with Gasteiger partial charge in [0, 0.05) is 18.0 Å². The molecule has 0 unspecified atom stereocenters. The average molecular weight is 335 g/mol. The van der Waals surface area contributed by atoms with Crippen molar-refractivity contribution >= 4 is 22.6 Å². The lowest BCUT2D eigenvalue weighted by Gasteiger charge is -2.12. The van der Waals surface area contributed by atoms with E-state index in [1.807, 2.05) is 12.3 Å². The van der Waals surface area contributed by atoms with E-state index in [9.17, 15) is 0 Å². The van der Waals surface area contributed by atoms with E-state index in [0.29, 0.717) is 0 Å². The normalized spacial score (nSPS) is 11.7. The number of nitrogens with zero attached hydrogens (tertiary/aromatic N) is 1. The Morgan fingerprint density at radius 1 is 0.846 bits per heavy atom. The van der Waals surface area contributed by atoms with Crippen molar-refractivity contribution in [3.8, 4) is 0 Å². The van der Waals surface area contributed by atoms with Crippen LogP contribution >= 0.6 is 0 Å². The maximum Gasteiger partial charge on any atom is 0.0737 e. The second-order valence-corrected chi connectivity index (χ2v) is 6.62. The summed E-state index contributed by atoms with van der Waals surface area (Å²) in [6.07, 6.45) is 5.02. The summed E-state index contributed by atoms with van der Waals surface area (Å²) in [5.74, 6) is 0. The van der Waals surface area contributed by atoms with E-state index in [2.05, 4.69) is 96.8 Å². The van der Waals surface area contributed by atoms with Crippen molar-refractivity contribution in [2.24, 2.45) is 0 Å². The molecule has 0 spiro atoms. The van der Waals surface area contributed by atoms with Gasteiger partial charge in [0.1, 0.15) is 0 Å². The molecule has 1 nitrogen and oxygen atoms in total. The zero-order valence-corrected chi connectivity index (χ0v) is 14.9. The van der Waals surface area contributed by atoms with Crippen LogP contribution in [-0.2, 0) is 6.42 Å². The first-order valence-corrected chi connectivity index (χ1v) is 8.95. The van der Waals surface area contributed by atoms with Gasteiger partial charge in [-0.05, 0) is 41.3 Å². The van der Waals surface area contributed by atoms with Crippen LogP contribution in [0.1, 0.15) is 22.3 Å². The Kier molecular flexibility index (Phi) is 4.61. The fourth-order valence-corrected chi connectivity index (χ4v) is 3.41. The maximum atomic E-state index is 4.65. The van der Waals surface area contributed by atoms with E-state index in [0.717, 1.165) is 11.9 Å². The highest BCUT2D eigenvalue weighted by molar-refractivity contribution is 5.88. The van der Waals surface area contributed by atoms with Gasteiger partial charge in [0.15, 0.2) is 0 Å². The summed E-state index contributed by atoms with van der Waals surface area (Å²) in [7, 11) is 0. The van der Waals surface area contributed by atoms with Gasteiger partial charge in [-0.3, -0.25) is 4.98 Å². The summed E-state index contributed by atoms with van der Waals surface area (Å²) in [6.45, 7) is 2.15. The molecule has 1 heteroatoms. The number of hydrogen-bond donors (Lipinski definition) is 0. The fraction of sp³-hybridized carbons (Fsp3) is 0.0800. The number of benzene rings is 3. The van der Waals surface area contributed by atoms with Gasteiger partial charge < -0.3 is 0 Å². The molecule has 0 amide bonds. The van der Waals surface area contributed by atoms with Crippen LogP contribution in [0.25, 0.3) is 22.6 Å². The minimum Gasteiger partial charge on any atom is -0.256 e. The molecular formula is C25H21N. The Morgan fingerprint density at radius 3 is 2.35 bits per heavy atom. The molecule has 0 atom stereocenters. The second kappa shape index (κ2) is 7.37. The molecule has 0 aliphatic rings. The topological polar surface area (TPSA) is 12.9 Å². The molecular weight excluding hydrogens is 314 g/mol. The summed E-state index contributed by atoms with van der Waals surface area (Å²) >= 11 is 0. The first kappa shape index (κ1) is 16.3. The lowest BCUT2D eigenvalue weighted by molar-refractivity contribution is 1.26. The van der Waals surface area contributed by atoms with Gasteiger partial charge in [0.05, 0.1) is 5.52 Å². The highest BCUT2D eigenvalue weighted by Gasteiger charge is 2.09. The zero-order valence-electron chi connectivity index (χ0n) is 14.9. The van der Waals surface area contributed by atoms with Crippen molar-refractivity contribution in [1.82, 2.24) is 4.98 Å². The molecule has 0 saturated heterocycles. The summed E-state index contributed by atoms with van der Waals surface area (Å²) in [6, 6.07) is 29.7. The standard InChI is InChI=1S/C25H21N/c1-19-15-22-13-8-14-26-25(22)24(16-19)18-23(21-11-6-3-7-12-21)17-20-9-4-2-5-10-20/h2-17H,18H2,1H3/b23-17-. The quantitative estimate of drug-likeness (QED) is 0.397. The van der Waals surface area contributed by atoms with Gasteiger partial charge in [-0.2, -0.15) is 0 Å². The Hall–Kier alpha value is -3.19. The van der Waals surface area contributed by atoms with E-state index < -0.39 is 0 Å². The molecule has 0 saturated carbocycles. The van der Waals surface area contributed by atoms with E-state index in [1.165, 1.54) is 33.2 Å². The summed E-state index contributed by atoms with van der Waals surface area (Å²) < 4.78 is 0. The van der Waals surface area contributed by atoms with Gasteiger partial charge in [0.2, 0.25) is 0 Å². The predicted octanol–water partition coefficient (Wildman–Crippen LogP) is 6.33. The smallest absolute Gasteiger partial charge is 0.0737 e. The molecule has 1 aromatic heterocycles. The number of hydrogen-bond acceptors (Lipinski definition) is 1. The number of aryl methyl sites for hydroxylation is 1. The lowest BCUT2D eigenvalue weighted by atomic mass is 9.93. The number of aromatic nitrogens is 1. The van der Waals surface area contributed by atoms with Crippen molar-refractivity contribution in [3.63, 3.8) is 0 Å². The van der Waals surface area contributed by atoms with Gasteiger partial charge >= 0.3 is 0 Å². The monoisotopic (exact) mass is 335 g/mol. The lowest BCUT2D eigenvalue weighted by Crippen LogP contribution is -1.95. The summed E-state index contributed by atoms with van der Waals surface area (Å²) in [5, 5.41) is 1.20. The molecule has 0 fully saturated rings. The van der Waals surface area contributed by atoms with Crippen LogP contribution in [0.3, 0.4) is 0 Å². The van der Waals surface area contributed by atoms with Crippen LogP contribution in [0.15, 0.2) is 91.1 Å². The molecule has 3 aromatic carbocycles. The molecule has 4 aromatic rings. The van der Waals surface area contributed by atoms with Gasteiger partial charge in [-0.15, -0.1) is 0 Å². The average Bonchev–Trinajstić information content (AvgIpc) is 2.69. The van der Waals surface area contributed by atoms with Crippen molar-refractivity contribution in [2.45, 2.75) is 13.3 Å². The third-order valence-corrected chi connectivity index (χ3v) is 4.59. The first-order valence-electron chi connectivity index (χ1n) is 8.95. The SMILES string of the molecule is Cc1cc(C/C(=C/c2ccccc2)c2ccccc2)c2ncccc2c1. The molecule has 0 aliphatic heterocycles. The zero-order chi connectivity index (χ0) is 17.8. The summed E-state index contributed by atoms with van der Waals surface area (Å²) in [4.78, 5) is 4.65. The minimum atomic E-state index is 0.855. The molecule has 126 valence electrons. The highest BCUT2D eigenvalue weighted by Crippen LogP contribution is 2.27. The fourth-order valence-electron chi connectivity index (χ4n) is 3.41. The Bertz CT molecular complexity index is 1050. The number of pyridine rings is 1. The molecule has 0 radical (unpaired) electrons. The van der Waals surface area contributed by atoms with Crippen molar-refractivity contribution < 1.29 is 0 Å². The van der Waals surface area contributed by atoms with Gasteiger partial charge in [-0.25, -0.2) is 0 Å². The van der Waals surface area contributed by atoms with Crippen LogP contribution in [0.4, 0.5) is 0 Å². The van der Waals surface area contributed by atoms with E-state index in [1.54, 1.807) is 0 Å². The molecule has 0 aliphatic carbocycles. The number of allylic oxidation sites excluding steroid dienone is 1. The van der Waals surface area contributed by atoms with Gasteiger partial charge in [-0.1, -0.05) is 84.4 Å². The molecule has 0 bridgehead atoms. The maximum absolute atomic E-state index is 4.65. The van der Waals surface area contributed by atoms with Crippen LogP contribution in [0, 0.1) is 6.92 Å². The molecule has 1 heterocycles. The van der Waals surface area contributed by atoms with Crippen molar-refractivity contribution in [3.05, 3.63) is 113 Å². The van der Waals surface area contributed by atoms with Crippen LogP contribution in [0.2, 0.25) is 0 Å². The number of rotatable bonds is 4. The van der Waals surface area contributed by atoms with E-state index in [4.69, 9.17) is 0 Å². The second-order valence-electron chi connectivity index (χ2n) is 6.62. The molecule has 0 N–H and O–H groups in total. The Morgan fingerprint density at radius 2 is 1.58 bits per heavy atom. The molecule has 4 rings (SSSR count). The predicted molar refractivity (Wildman–Crippen MR) is 111 cm³/mol. The van der Waals surface area contributed by atoms with E-state index in [-0.39, 0.29) is 0 Å². The van der Waals surface area contributed by atoms with Crippen molar-refractivity contribution in [2.75, 3.05) is 0 Å². The van der Waals surface area contributed by atoms with Crippen LogP contribution in [-0.4, -0.2) is 4.98 Å². The highest BCUT2D eigenvalue weighted by atomic mass is 14.6. The van der Waals surface area contributed by atoms with E-state index >= 15 is 0 Å². The Balaban J connectivity index is 1.83.